The zero-order valence-electron chi connectivity index (χ0n) is 12.6. The van der Waals surface area contributed by atoms with Crippen LogP contribution < -0.4 is 5.32 Å². The number of carbonyl (C=O) groups is 1. The van der Waals surface area contributed by atoms with Gasteiger partial charge in [-0.1, -0.05) is 34.1 Å². The van der Waals surface area contributed by atoms with Crippen molar-refractivity contribution in [2.75, 3.05) is 5.32 Å². The number of rotatable bonds is 4. The van der Waals surface area contributed by atoms with E-state index in [0.29, 0.717) is 11.1 Å². The monoisotopic (exact) mass is 385 g/mol. The molecule has 0 spiro atoms. The fourth-order valence-electron chi connectivity index (χ4n) is 1.96. The first-order valence-corrected chi connectivity index (χ1v) is 7.64. The van der Waals surface area contributed by atoms with Gasteiger partial charge < -0.3 is 5.32 Å². The third-order valence-electron chi connectivity index (χ3n) is 3.14. The molecule has 2 aromatic rings. The van der Waals surface area contributed by atoms with Crippen molar-refractivity contribution in [3.8, 4) is 6.07 Å². The summed E-state index contributed by atoms with van der Waals surface area (Å²) in [5.41, 5.74) is 1.05. The number of carbonyl (C=O) groups excluding carboxylic acids is 1. The van der Waals surface area contributed by atoms with E-state index in [-0.39, 0.29) is 16.9 Å². The van der Waals surface area contributed by atoms with E-state index in [1.54, 1.807) is 37.3 Å². The van der Waals surface area contributed by atoms with E-state index in [2.05, 4.69) is 21.2 Å². The molecular formula is C17H12BrN3O3. The van der Waals surface area contributed by atoms with Gasteiger partial charge in [0.05, 0.1) is 4.92 Å². The second-order valence-corrected chi connectivity index (χ2v) is 5.87. The minimum absolute atomic E-state index is 0.0487. The molecule has 120 valence electrons. The number of nitrogens with zero attached hydrogens (tertiary/aromatic N) is 2. The van der Waals surface area contributed by atoms with Crippen LogP contribution in [0.25, 0.3) is 6.08 Å². The van der Waals surface area contributed by atoms with E-state index in [0.717, 1.165) is 4.47 Å². The fourth-order valence-corrected chi connectivity index (χ4v) is 2.23. The summed E-state index contributed by atoms with van der Waals surface area (Å²) in [6.07, 6.45) is 1.42. The Morgan fingerprint density at radius 1 is 1.29 bits per heavy atom. The molecule has 1 N–H and O–H groups in total. The Hall–Kier alpha value is -2.98. The van der Waals surface area contributed by atoms with Crippen molar-refractivity contribution >= 4 is 39.3 Å². The fraction of sp³-hybridized carbons (Fsp3) is 0.0588. The summed E-state index contributed by atoms with van der Waals surface area (Å²) in [4.78, 5) is 22.8. The third-order valence-corrected chi connectivity index (χ3v) is 3.67. The van der Waals surface area contributed by atoms with Gasteiger partial charge in [-0.3, -0.25) is 14.9 Å². The Morgan fingerprint density at radius 2 is 1.96 bits per heavy atom. The molecule has 0 fully saturated rings. The molecule has 0 aliphatic rings. The average molecular weight is 386 g/mol. The molecule has 7 heteroatoms. The Balaban J connectivity index is 2.29. The molecular weight excluding hydrogens is 374 g/mol. The number of benzene rings is 2. The highest BCUT2D eigenvalue weighted by Crippen LogP contribution is 2.26. The number of nitro groups is 1. The first kappa shape index (κ1) is 17.4. The molecule has 0 aliphatic heterocycles. The van der Waals surface area contributed by atoms with Crippen LogP contribution in [0.15, 0.2) is 52.5 Å². The SMILES string of the molecule is Cc1ccc(NC(=O)C(C#N)=Cc2ccc(Br)cc2)c([N+](=O)[O-])c1. The van der Waals surface area contributed by atoms with Gasteiger partial charge in [-0.05, 0) is 42.3 Å². The summed E-state index contributed by atoms with van der Waals surface area (Å²) in [6, 6.07) is 13.3. The standard InChI is InChI=1S/C17H12BrN3O3/c1-11-2-7-15(16(8-11)21(23)24)20-17(22)13(10-19)9-12-3-5-14(18)6-4-12/h2-9H,1H3,(H,20,22). The molecule has 2 aromatic carbocycles. The smallest absolute Gasteiger partial charge is 0.293 e. The lowest BCUT2D eigenvalue weighted by Crippen LogP contribution is -2.14. The van der Waals surface area contributed by atoms with Gasteiger partial charge in [0.1, 0.15) is 17.3 Å². The highest BCUT2D eigenvalue weighted by Gasteiger charge is 2.18. The van der Waals surface area contributed by atoms with Gasteiger partial charge in [0.2, 0.25) is 0 Å². The molecule has 0 saturated heterocycles. The zero-order valence-corrected chi connectivity index (χ0v) is 14.2. The molecule has 0 heterocycles. The predicted molar refractivity (Wildman–Crippen MR) is 94.2 cm³/mol. The Morgan fingerprint density at radius 3 is 2.54 bits per heavy atom. The number of nitriles is 1. The second kappa shape index (κ2) is 7.53. The topological polar surface area (TPSA) is 96.0 Å². The van der Waals surface area contributed by atoms with Crippen molar-refractivity contribution in [1.29, 1.82) is 5.26 Å². The maximum Gasteiger partial charge on any atom is 0.293 e. The van der Waals surface area contributed by atoms with Gasteiger partial charge in [-0.25, -0.2) is 0 Å². The molecule has 0 saturated carbocycles. The Kier molecular flexibility index (Phi) is 5.45. The summed E-state index contributed by atoms with van der Waals surface area (Å²) < 4.78 is 0.873. The molecule has 1 amide bonds. The summed E-state index contributed by atoms with van der Waals surface area (Å²) in [5.74, 6) is -0.702. The number of hydrogen-bond donors (Lipinski definition) is 1. The van der Waals surface area contributed by atoms with Gasteiger partial charge in [0, 0.05) is 10.5 Å². The van der Waals surface area contributed by atoms with Gasteiger partial charge >= 0.3 is 0 Å². The normalized spacial score (nSPS) is 10.8. The Labute approximate surface area is 146 Å². The number of hydrogen-bond acceptors (Lipinski definition) is 4. The average Bonchev–Trinajstić information content (AvgIpc) is 2.55. The predicted octanol–water partition coefficient (Wildman–Crippen LogP) is 4.21. The van der Waals surface area contributed by atoms with Crippen LogP contribution >= 0.6 is 15.9 Å². The quantitative estimate of drug-likeness (QED) is 0.368. The van der Waals surface area contributed by atoms with E-state index in [1.807, 2.05) is 6.07 Å². The molecule has 0 radical (unpaired) electrons. The van der Waals surface area contributed by atoms with Crippen molar-refractivity contribution < 1.29 is 9.72 Å². The summed E-state index contributed by atoms with van der Waals surface area (Å²) in [6.45, 7) is 1.72. The summed E-state index contributed by atoms with van der Waals surface area (Å²) in [5, 5.41) is 22.7. The zero-order chi connectivity index (χ0) is 17.7. The molecule has 0 atom stereocenters. The van der Waals surface area contributed by atoms with Crippen LogP contribution in [0.3, 0.4) is 0 Å². The number of nitro benzene ring substituents is 1. The van der Waals surface area contributed by atoms with Crippen LogP contribution in [-0.2, 0) is 4.79 Å². The van der Waals surface area contributed by atoms with Gasteiger partial charge in [-0.2, -0.15) is 5.26 Å². The summed E-state index contributed by atoms with van der Waals surface area (Å²) in [7, 11) is 0. The maximum atomic E-state index is 12.2. The number of nitrogens with one attached hydrogen (secondary N) is 1. The molecule has 0 bridgehead atoms. The van der Waals surface area contributed by atoms with E-state index in [9.17, 15) is 20.2 Å². The van der Waals surface area contributed by atoms with E-state index in [4.69, 9.17) is 0 Å². The summed E-state index contributed by atoms with van der Waals surface area (Å²) >= 11 is 3.30. The van der Waals surface area contributed by atoms with Crippen LogP contribution in [0.2, 0.25) is 0 Å². The van der Waals surface area contributed by atoms with Gasteiger partial charge in [0.25, 0.3) is 11.6 Å². The van der Waals surface area contributed by atoms with E-state index in [1.165, 1.54) is 18.2 Å². The van der Waals surface area contributed by atoms with Crippen LogP contribution in [0.1, 0.15) is 11.1 Å². The lowest BCUT2D eigenvalue weighted by Gasteiger charge is -2.06. The highest BCUT2D eigenvalue weighted by atomic mass is 79.9. The molecule has 0 aliphatic carbocycles. The van der Waals surface area contributed by atoms with Gasteiger partial charge in [0.15, 0.2) is 0 Å². The lowest BCUT2D eigenvalue weighted by atomic mass is 10.1. The first-order chi connectivity index (χ1) is 11.4. The molecule has 24 heavy (non-hydrogen) atoms. The van der Waals surface area contributed by atoms with Crippen molar-refractivity contribution in [3.63, 3.8) is 0 Å². The molecule has 0 unspecified atom stereocenters. The molecule has 0 aromatic heterocycles. The lowest BCUT2D eigenvalue weighted by molar-refractivity contribution is -0.384. The molecule has 6 nitrogen and oxygen atoms in total. The van der Waals surface area contributed by atoms with Crippen LogP contribution in [0.5, 0.6) is 0 Å². The minimum Gasteiger partial charge on any atom is -0.316 e. The van der Waals surface area contributed by atoms with Crippen LogP contribution in [-0.4, -0.2) is 10.8 Å². The van der Waals surface area contributed by atoms with E-state index >= 15 is 0 Å². The third kappa shape index (κ3) is 4.27. The second-order valence-electron chi connectivity index (χ2n) is 4.95. The number of amides is 1. The van der Waals surface area contributed by atoms with Gasteiger partial charge in [-0.15, -0.1) is 0 Å². The Bertz CT molecular complexity index is 868. The molecule has 2 rings (SSSR count). The number of halogens is 1. The first-order valence-electron chi connectivity index (χ1n) is 6.84. The van der Waals surface area contributed by atoms with Crippen LogP contribution in [0, 0.1) is 28.4 Å². The minimum atomic E-state index is -0.702. The number of anilines is 1. The largest absolute Gasteiger partial charge is 0.316 e. The van der Waals surface area contributed by atoms with E-state index < -0.39 is 10.8 Å². The van der Waals surface area contributed by atoms with Crippen LogP contribution in [0.4, 0.5) is 11.4 Å². The highest BCUT2D eigenvalue weighted by molar-refractivity contribution is 9.10. The van der Waals surface area contributed by atoms with Crippen molar-refractivity contribution in [2.24, 2.45) is 0 Å². The number of aryl methyl sites for hydroxylation is 1. The maximum absolute atomic E-state index is 12.2. The van der Waals surface area contributed by atoms with Crippen molar-refractivity contribution in [3.05, 3.63) is 73.8 Å². The van der Waals surface area contributed by atoms with Crippen molar-refractivity contribution in [1.82, 2.24) is 0 Å². The van der Waals surface area contributed by atoms with Crippen molar-refractivity contribution in [2.45, 2.75) is 6.92 Å².